The minimum absolute atomic E-state index is 0.0620. The van der Waals surface area contributed by atoms with Gasteiger partial charge in [0, 0.05) is 25.2 Å². The van der Waals surface area contributed by atoms with Gasteiger partial charge in [0.15, 0.2) is 0 Å². The largest absolute Gasteiger partial charge is 0.489 e. The van der Waals surface area contributed by atoms with Gasteiger partial charge in [0.25, 0.3) is 0 Å². The molecule has 394 valence electrons. The third-order valence-electron chi connectivity index (χ3n) is 31.5. The molecule has 6 atom stereocenters. The van der Waals surface area contributed by atoms with Gasteiger partial charge in [-0.15, -0.1) is 0 Å². The molecule has 27 aromatic rings. The number of likely N-dealkylation sites (N-methyl/N-ethyl adjacent to an activating group) is 2. The Morgan fingerprint density at radius 3 is 0.733 bits per heavy atom. The molecule has 2 fully saturated rings. The summed E-state index contributed by atoms with van der Waals surface area (Å²) in [5, 5.41) is 80.0. The highest BCUT2D eigenvalue weighted by atomic mass is 16.5. The highest BCUT2D eigenvalue weighted by Crippen LogP contribution is 2.90. The summed E-state index contributed by atoms with van der Waals surface area (Å²) in [5.74, 6) is 1.87. The van der Waals surface area contributed by atoms with Gasteiger partial charge >= 0.3 is 0 Å². The first kappa shape index (κ1) is 37.0. The predicted octanol–water partition coefficient (Wildman–Crippen LogP) is 19.7. The van der Waals surface area contributed by atoms with Crippen LogP contribution in [0.4, 0.5) is 0 Å². The van der Waals surface area contributed by atoms with Crippen molar-refractivity contribution in [3.63, 3.8) is 0 Å². The normalized spacial score (nSPS) is 27.1. The summed E-state index contributed by atoms with van der Waals surface area (Å²) < 4.78 is 13.8. The molecule has 4 heteroatoms. The van der Waals surface area contributed by atoms with Gasteiger partial charge in [-0.2, -0.15) is 0 Å². The molecule has 45 rings (SSSR count). The Morgan fingerprint density at radius 1 is 0.267 bits per heavy atom. The number of nitrogens with zero attached hydrogens (tertiary/aromatic N) is 2. The van der Waals surface area contributed by atoms with Gasteiger partial charge in [0.05, 0.1) is 21.7 Å². The zero-order valence-corrected chi connectivity index (χ0v) is 47.6. The SMILES string of the molecule is CN1CC23c4c5c6c7c8c9c%10c6c6c%11c%12c%13c%14c%15c%16c%17c9c9c%18c8c(c8c%19c2c2c4c4c(c56)c%12c5c4c4c2c2c%19c6c8c%18c8c9c%16c9c%15c%12c%13c5c5c%12c%12c9c8c6c%12c2c45)C73[C@@H]1c1ccc(cc1)OCc1cccc(c1)COc1ccc(cc1)[C@@H]1N(C)CC%11%14C%10%171. The molecular formula is C86H28N2O2. The summed E-state index contributed by atoms with van der Waals surface area (Å²) in [6.45, 7) is 3.00. The minimum Gasteiger partial charge on any atom is -0.489 e. The summed E-state index contributed by atoms with van der Waals surface area (Å²) in [5.41, 5.74) is 17.7. The van der Waals surface area contributed by atoms with Gasteiger partial charge < -0.3 is 9.47 Å². The van der Waals surface area contributed by atoms with E-state index in [1.807, 2.05) is 0 Å². The van der Waals surface area contributed by atoms with E-state index >= 15 is 0 Å². The van der Waals surface area contributed by atoms with Crippen LogP contribution in [0.25, 0.3) is 259 Å². The Morgan fingerprint density at radius 2 is 0.478 bits per heavy atom. The Hall–Kier alpha value is -10.1. The number of ether oxygens (including phenoxy) is 2. The molecule has 90 heavy (non-hydrogen) atoms. The lowest BCUT2D eigenvalue weighted by Gasteiger charge is -2.53. The van der Waals surface area contributed by atoms with E-state index in [1.165, 1.54) is 11.1 Å². The first-order chi connectivity index (χ1) is 44.6. The van der Waals surface area contributed by atoms with Gasteiger partial charge in [0.2, 0.25) is 0 Å². The van der Waals surface area contributed by atoms with Crippen molar-refractivity contribution < 1.29 is 9.47 Å². The second-order valence-corrected chi connectivity index (χ2v) is 32.6. The first-order valence-electron chi connectivity index (χ1n) is 33.6. The molecule has 2 saturated heterocycles. The fourth-order valence-corrected chi connectivity index (χ4v) is 31.2. The number of rotatable bonds is 0. The molecule has 4 spiro atoms. The van der Waals surface area contributed by atoms with Crippen molar-refractivity contribution in [2.45, 2.75) is 47.0 Å². The van der Waals surface area contributed by atoms with Crippen molar-refractivity contribution in [2.24, 2.45) is 0 Å². The second-order valence-electron chi connectivity index (χ2n) is 32.6. The Balaban J connectivity index is 0.943. The maximum atomic E-state index is 6.89. The molecule has 4 unspecified atom stereocenters. The lowest BCUT2D eigenvalue weighted by atomic mass is 9.46. The Bertz CT molecular complexity index is 8120. The minimum atomic E-state index is -0.426. The second kappa shape index (κ2) is 9.06. The van der Waals surface area contributed by atoms with E-state index in [1.54, 1.807) is 303 Å². The standard InChI is InChI=1S/C86H28N2O2/c1-87-17-83-73-57-46-35-28-29-33-26-25-30-27-31(26)42-51-40(33)47-36(29)38-37(35)48-45-49(38)60-58(47)74-62(51)66-53(42)44-34(27)43-52-41(30)50(39(46)32(25)28)61(73)65(52)77-67-54(43)55(44)68-72-71(67)79-69-63(75(83)59(48)57)56(45)64-70(69)80(72)86(78(66)68)82(88(2)18-84(74,86)76(60)64)22-8-12-24(13-9-22)90-16-20-5-3-4-19(14-20)15-89-23-10-6-21(7-11-23)81(87)85(77,79)83/h3-14,81-82H,15-18H2,1-2H3/t81-,82-,83?,84?,85?,86?/m0/s1. The fourth-order valence-electron chi connectivity index (χ4n) is 31.2. The van der Waals surface area contributed by atoms with E-state index in [9.17, 15) is 0 Å². The van der Waals surface area contributed by atoms with Crippen molar-refractivity contribution in [3.05, 3.63) is 140 Å². The number of likely N-dealkylation sites (tertiary alicyclic amines) is 2. The van der Waals surface area contributed by atoms with Crippen LogP contribution < -0.4 is 9.47 Å². The summed E-state index contributed by atoms with van der Waals surface area (Å²) in [7, 11) is 5.18. The molecule has 27 aromatic carbocycles. The van der Waals surface area contributed by atoms with Gasteiger partial charge in [-0.3, -0.25) is 9.80 Å². The molecule has 14 bridgehead atoms. The van der Waals surface area contributed by atoms with Crippen molar-refractivity contribution in [1.29, 1.82) is 0 Å². The van der Waals surface area contributed by atoms with E-state index in [0.29, 0.717) is 13.2 Å². The van der Waals surface area contributed by atoms with Gasteiger partial charge in [-0.25, -0.2) is 0 Å². The zero-order valence-electron chi connectivity index (χ0n) is 47.6. The first-order valence-corrected chi connectivity index (χ1v) is 33.6. The molecule has 4 nitrogen and oxygen atoms in total. The maximum absolute atomic E-state index is 6.89. The molecule has 8 aliphatic carbocycles. The van der Waals surface area contributed by atoms with Crippen LogP contribution in [-0.2, 0) is 34.9 Å². The van der Waals surface area contributed by atoms with Crippen LogP contribution in [0.15, 0.2) is 72.8 Å². The lowest BCUT2D eigenvalue weighted by Crippen LogP contribution is -2.52. The highest BCUT2D eigenvalue weighted by Gasteiger charge is 2.80. The molecule has 0 amide bonds. The Kier molecular flexibility index (Phi) is 3.73. The van der Waals surface area contributed by atoms with E-state index < -0.39 is 10.8 Å². The van der Waals surface area contributed by atoms with Gasteiger partial charge in [-0.1, -0.05) is 42.5 Å². The maximum Gasteiger partial charge on any atom is 0.119 e. The van der Waals surface area contributed by atoms with Crippen LogP contribution in [0.2, 0.25) is 0 Å². The molecule has 0 saturated carbocycles. The van der Waals surface area contributed by atoms with Crippen LogP contribution >= 0.6 is 0 Å². The monoisotopic (exact) mass is 1120 g/mol. The molecule has 18 aliphatic rings. The summed E-state index contributed by atoms with van der Waals surface area (Å²) in [6.07, 6.45) is 0. The van der Waals surface area contributed by atoms with Crippen LogP contribution in [0.3, 0.4) is 0 Å². The van der Waals surface area contributed by atoms with E-state index in [4.69, 9.17) is 9.47 Å². The quantitative estimate of drug-likeness (QED) is 0.141. The Labute approximate surface area is 500 Å². The van der Waals surface area contributed by atoms with Crippen molar-refractivity contribution >= 4 is 259 Å². The third-order valence-corrected chi connectivity index (χ3v) is 31.5. The van der Waals surface area contributed by atoms with E-state index in [0.717, 1.165) is 35.7 Å². The van der Waals surface area contributed by atoms with Crippen molar-refractivity contribution in [3.8, 4) is 11.5 Å². The van der Waals surface area contributed by atoms with Crippen LogP contribution in [0.5, 0.6) is 11.5 Å². The number of hydrogen-bond acceptors (Lipinski definition) is 4. The summed E-state index contributed by atoms with van der Waals surface area (Å²) in [4.78, 5) is 5.93. The molecule has 0 aromatic heterocycles. The average Bonchev–Trinajstić information content (AvgIpc) is 1.37. The zero-order chi connectivity index (χ0) is 54.8. The van der Waals surface area contributed by atoms with Crippen LogP contribution in [-0.4, -0.2) is 37.0 Å². The summed E-state index contributed by atoms with van der Waals surface area (Å²) >= 11 is 0. The van der Waals surface area contributed by atoms with E-state index in [-0.39, 0.29) is 22.9 Å². The molecular weight excluding hydrogens is 1090 g/mol. The molecule has 0 N–H and O–H groups in total. The summed E-state index contributed by atoms with van der Waals surface area (Å²) in [6, 6.07) is 28.6. The number of hydrogen-bond donors (Lipinski definition) is 0. The van der Waals surface area contributed by atoms with E-state index in [2.05, 4.69) is 96.7 Å². The molecule has 0 radical (unpaired) electrons. The van der Waals surface area contributed by atoms with Crippen LogP contribution in [0.1, 0.15) is 78.8 Å². The fraction of sp³-hybridized carbons (Fsp3) is 0.140. The highest BCUT2D eigenvalue weighted by molar-refractivity contribution is 6.78. The van der Waals surface area contributed by atoms with Gasteiger partial charge in [0.1, 0.15) is 24.7 Å². The third kappa shape index (κ3) is 2.24. The van der Waals surface area contributed by atoms with Crippen molar-refractivity contribution in [2.75, 3.05) is 27.2 Å². The lowest BCUT2D eigenvalue weighted by molar-refractivity contribution is 0.269. The smallest absolute Gasteiger partial charge is 0.119 e. The number of benzene rings is 19. The molecule has 10 aliphatic heterocycles. The average molecular weight is 1120 g/mol. The topological polar surface area (TPSA) is 24.9 Å². The van der Waals surface area contributed by atoms with Crippen molar-refractivity contribution in [1.82, 2.24) is 9.80 Å². The predicted molar refractivity (Wildman–Crippen MR) is 366 cm³/mol. The molecule has 10 heterocycles. The van der Waals surface area contributed by atoms with Gasteiger partial charge in [-0.05, 0) is 370 Å². The van der Waals surface area contributed by atoms with Crippen LogP contribution in [0, 0.1) is 0 Å².